The SMILES string of the molecule is [O]CCC(O)CC1CC1. The average Bonchev–Trinajstić information content (AvgIpc) is 2.50. The van der Waals surface area contributed by atoms with E-state index in [4.69, 9.17) is 5.11 Å². The monoisotopic (exact) mass is 129 g/mol. The first-order chi connectivity index (χ1) is 4.33. The van der Waals surface area contributed by atoms with Crippen LogP contribution in [0.5, 0.6) is 0 Å². The van der Waals surface area contributed by atoms with Crippen molar-refractivity contribution in [3.05, 3.63) is 0 Å². The van der Waals surface area contributed by atoms with Crippen LogP contribution in [-0.2, 0) is 5.11 Å². The summed E-state index contributed by atoms with van der Waals surface area (Å²) in [6.07, 6.45) is 3.51. The zero-order chi connectivity index (χ0) is 6.69. The summed E-state index contributed by atoms with van der Waals surface area (Å²) in [6.45, 7) is -0.131. The van der Waals surface area contributed by atoms with Crippen LogP contribution in [0.1, 0.15) is 25.7 Å². The van der Waals surface area contributed by atoms with Crippen LogP contribution in [0, 0.1) is 5.92 Å². The molecule has 0 saturated heterocycles. The van der Waals surface area contributed by atoms with Crippen LogP contribution < -0.4 is 0 Å². The minimum absolute atomic E-state index is 0.131. The van der Waals surface area contributed by atoms with E-state index in [9.17, 15) is 5.11 Å². The third kappa shape index (κ3) is 2.82. The van der Waals surface area contributed by atoms with E-state index in [1.165, 1.54) is 12.8 Å². The van der Waals surface area contributed by atoms with Crippen LogP contribution in [0.15, 0.2) is 0 Å². The van der Waals surface area contributed by atoms with E-state index in [2.05, 4.69) is 0 Å². The maximum Gasteiger partial charge on any atom is 0.0846 e. The molecule has 1 N–H and O–H groups in total. The first-order valence-electron chi connectivity index (χ1n) is 3.59. The Balaban J connectivity index is 1.95. The lowest BCUT2D eigenvalue weighted by atomic mass is 10.1. The number of hydrogen-bond acceptors (Lipinski definition) is 1. The molecule has 1 rings (SSSR count). The van der Waals surface area contributed by atoms with Gasteiger partial charge >= 0.3 is 0 Å². The first-order valence-corrected chi connectivity index (χ1v) is 3.59. The molecule has 2 nitrogen and oxygen atoms in total. The minimum Gasteiger partial charge on any atom is -0.393 e. The van der Waals surface area contributed by atoms with Crippen LogP contribution in [0.25, 0.3) is 0 Å². The minimum atomic E-state index is -0.310. The molecule has 53 valence electrons. The van der Waals surface area contributed by atoms with Crippen LogP contribution in [0.4, 0.5) is 0 Å². The van der Waals surface area contributed by atoms with Gasteiger partial charge in [-0.15, -0.1) is 0 Å². The molecule has 1 aliphatic carbocycles. The molecule has 2 heteroatoms. The Morgan fingerprint density at radius 3 is 2.67 bits per heavy atom. The first kappa shape index (κ1) is 7.03. The molecule has 1 atom stereocenters. The van der Waals surface area contributed by atoms with E-state index in [1.54, 1.807) is 0 Å². The summed E-state index contributed by atoms with van der Waals surface area (Å²) in [4.78, 5) is 0. The Bertz CT molecular complexity index is 79.0. The third-order valence-electron chi connectivity index (χ3n) is 1.75. The lowest BCUT2D eigenvalue weighted by molar-refractivity contribution is 0.0948. The summed E-state index contributed by atoms with van der Waals surface area (Å²) in [5.41, 5.74) is 0. The second-order valence-corrected chi connectivity index (χ2v) is 2.83. The average molecular weight is 129 g/mol. The van der Waals surface area contributed by atoms with Crippen molar-refractivity contribution in [1.29, 1.82) is 0 Å². The summed E-state index contributed by atoms with van der Waals surface area (Å²) < 4.78 is 0. The molecular weight excluding hydrogens is 116 g/mol. The standard InChI is InChI=1S/C7H13O2/c8-4-3-7(9)5-6-1-2-6/h6-7,9H,1-5H2. The molecule has 0 aromatic rings. The fourth-order valence-electron chi connectivity index (χ4n) is 0.992. The Morgan fingerprint density at radius 2 is 2.22 bits per heavy atom. The Kier molecular flexibility index (Phi) is 2.49. The lowest BCUT2D eigenvalue weighted by Crippen LogP contribution is -2.08. The number of hydrogen-bond donors (Lipinski definition) is 1. The highest BCUT2D eigenvalue weighted by Crippen LogP contribution is 2.33. The predicted molar refractivity (Wildman–Crippen MR) is 33.5 cm³/mol. The largest absolute Gasteiger partial charge is 0.393 e. The summed E-state index contributed by atoms with van der Waals surface area (Å²) in [5, 5.41) is 19.0. The number of rotatable bonds is 4. The fourth-order valence-corrected chi connectivity index (χ4v) is 0.992. The maximum atomic E-state index is 9.98. The van der Waals surface area contributed by atoms with Gasteiger partial charge in [0.2, 0.25) is 0 Å². The van der Waals surface area contributed by atoms with Gasteiger partial charge < -0.3 is 5.11 Å². The van der Waals surface area contributed by atoms with Gasteiger partial charge in [-0.25, -0.2) is 5.11 Å². The molecule has 1 fully saturated rings. The van der Waals surface area contributed by atoms with Crippen LogP contribution in [-0.4, -0.2) is 17.8 Å². The lowest BCUT2D eigenvalue weighted by Gasteiger charge is -2.04. The van der Waals surface area contributed by atoms with E-state index < -0.39 is 0 Å². The summed E-state index contributed by atoms with van der Waals surface area (Å²) >= 11 is 0. The van der Waals surface area contributed by atoms with Crippen molar-refractivity contribution >= 4 is 0 Å². The van der Waals surface area contributed by atoms with E-state index in [0.29, 0.717) is 6.42 Å². The molecule has 1 saturated carbocycles. The molecule has 9 heavy (non-hydrogen) atoms. The van der Waals surface area contributed by atoms with Gasteiger partial charge in [0, 0.05) is 0 Å². The Labute approximate surface area is 55.5 Å². The van der Waals surface area contributed by atoms with E-state index in [-0.39, 0.29) is 12.7 Å². The number of aliphatic hydroxyl groups is 1. The molecule has 0 aliphatic heterocycles. The highest BCUT2D eigenvalue weighted by atomic mass is 16.3. The molecule has 0 aromatic carbocycles. The van der Waals surface area contributed by atoms with Crippen LogP contribution in [0.2, 0.25) is 0 Å². The van der Waals surface area contributed by atoms with Gasteiger partial charge in [0.15, 0.2) is 0 Å². The van der Waals surface area contributed by atoms with E-state index >= 15 is 0 Å². The van der Waals surface area contributed by atoms with Gasteiger partial charge in [-0.3, -0.25) is 0 Å². The van der Waals surface area contributed by atoms with Crippen molar-refractivity contribution in [3.63, 3.8) is 0 Å². The van der Waals surface area contributed by atoms with Crippen LogP contribution >= 0.6 is 0 Å². The molecule has 0 heterocycles. The topological polar surface area (TPSA) is 40.1 Å². The Hall–Kier alpha value is -0.0800. The molecule has 0 aromatic heterocycles. The fraction of sp³-hybridized carbons (Fsp3) is 1.00. The smallest absolute Gasteiger partial charge is 0.0846 e. The number of aliphatic hydroxyl groups excluding tert-OH is 1. The molecule has 0 spiro atoms. The van der Waals surface area contributed by atoms with Crippen molar-refractivity contribution < 1.29 is 10.2 Å². The van der Waals surface area contributed by atoms with Gasteiger partial charge in [-0.05, 0) is 18.8 Å². The van der Waals surface area contributed by atoms with Crippen molar-refractivity contribution in [1.82, 2.24) is 0 Å². The van der Waals surface area contributed by atoms with Gasteiger partial charge in [-0.1, -0.05) is 12.8 Å². The highest BCUT2D eigenvalue weighted by molar-refractivity contribution is 4.76. The molecule has 1 radical (unpaired) electrons. The molecule has 0 amide bonds. The van der Waals surface area contributed by atoms with Crippen molar-refractivity contribution in [2.24, 2.45) is 5.92 Å². The van der Waals surface area contributed by atoms with Gasteiger partial charge in [-0.2, -0.15) is 0 Å². The second kappa shape index (κ2) is 3.18. The summed E-state index contributed by atoms with van der Waals surface area (Å²) in [7, 11) is 0. The summed E-state index contributed by atoms with van der Waals surface area (Å²) in [6, 6.07) is 0. The molecule has 1 unspecified atom stereocenters. The highest BCUT2D eigenvalue weighted by Gasteiger charge is 2.23. The van der Waals surface area contributed by atoms with Crippen LogP contribution in [0.3, 0.4) is 0 Å². The van der Waals surface area contributed by atoms with E-state index in [0.717, 1.165) is 12.3 Å². The molecule has 1 aliphatic rings. The third-order valence-corrected chi connectivity index (χ3v) is 1.75. The normalized spacial score (nSPS) is 22.0. The maximum absolute atomic E-state index is 9.98. The summed E-state index contributed by atoms with van der Waals surface area (Å²) in [5.74, 6) is 0.742. The van der Waals surface area contributed by atoms with Crippen molar-refractivity contribution in [2.45, 2.75) is 31.8 Å². The van der Waals surface area contributed by atoms with Crippen molar-refractivity contribution in [3.8, 4) is 0 Å². The van der Waals surface area contributed by atoms with Gasteiger partial charge in [0.05, 0.1) is 12.7 Å². The van der Waals surface area contributed by atoms with Crippen molar-refractivity contribution in [2.75, 3.05) is 6.61 Å². The molecular formula is C7H13O2. The second-order valence-electron chi connectivity index (χ2n) is 2.83. The van der Waals surface area contributed by atoms with Gasteiger partial charge in [0.1, 0.15) is 0 Å². The van der Waals surface area contributed by atoms with Gasteiger partial charge in [0.25, 0.3) is 0 Å². The quantitative estimate of drug-likeness (QED) is 0.603. The van der Waals surface area contributed by atoms with E-state index in [1.807, 2.05) is 0 Å². The zero-order valence-electron chi connectivity index (χ0n) is 5.55. The Morgan fingerprint density at radius 1 is 1.56 bits per heavy atom. The molecule has 0 bridgehead atoms. The predicted octanol–water partition coefficient (Wildman–Crippen LogP) is 0.968. The zero-order valence-corrected chi connectivity index (χ0v) is 5.55.